The molecule has 0 bridgehead atoms. The first-order chi connectivity index (χ1) is 10.7. The molecule has 1 N–H and O–H groups in total. The summed E-state index contributed by atoms with van der Waals surface area (Å²) in [6.45, 7) is 1.38. The van der Waals surface area contributed by atoms with E-state index in [2.05, 4.69) is 9.97 Å². The van der Waals surface area contributed by atoms with Crippen molar-refractivity contribution >= 4 is 17.5 Å². The summed E-state index contributed by atoms with van der Waals surface area (Å²) in [4.78, 5) is 22.6. The highest BCUT2D eigenvalue weighted by Crippen LogP contribution is 2.20. The van der Waals surface area contributed by atoms with E-state index in [0.29, 0.717) is 29.5 Å². The maximum atomic E-state index is 12.3. The van der Waals surface area contributed by atoms with Crippen LogP contribution in [0.4, 0.5) is 0 Å². The van der Waals surface area contributed by atoms with Crippen LogP contribution in [-0.4, -0.2) is 45.6 Å². The van der Waals surface area contributed by atoms with Crippen LogP contribution < -0.4 is 0 Å². The molecule has 0 spiro atoms. The van der Waals surface area contributed by atoms with Crippen LogP contribution in [-0.2, 0) is 0 Å². The molecule has 1 saturated heterocycles. The molecule has 1 aromatic heterocycles. The second kappa shape index (κ2) is 6.42. The number of aliphatic hydroxyl groups is 1. The number of aromatic nitrogens is 2. The Kier molecular flexibility index (Phi) is 4.36. The summed E-state index contributed by atoms with van der Waals surface area (Å²) >= 11 is 5.85. The van der Waals surface area contributed by atoms with Crippen LogP contribution >= 0.6 is 11.6 Å². The van der Waals surface area contributed by atoms with Crippen LogP contribution in [0.1, 0.15) is 16.8 Å². The summed E-state index contributed by atoms with van der Waals surface area (Å²) in [5.41, 5.74) is 1.32. The lowest BCUT2D eigenvalue weighted by Gasteiger charge is -2.15. The highest BCUT2D eigenvalue weighted by Gasteiger charge is 2.26. The van der Waals surface area contributed by atoms with Crippen LogP contribution in [0.5, 0.6) is 0 Å². The van der Waals surface area contributed by atoms with E-state index in [4.69, 9.17) is 16.7 Å². The molecule has 2 heterocycles. The Balaban J connectivity index is 1.74. The molecule has 22 heavy (non-hydrogen) atoms. The van der Waals surface area contributed by atoms with E-state index in [9.17, 15) is 4.79 Å². The number of halogens is 1. The highest BCUT2D eigenvalue weighted by molar-refractivity contribution is 6.30. The lowest BCUT2D eigenvalue weighted by Crippen LogP contribution is -2.29. The van der Waals surface area contributed by atoms with Gasteiger partial charge in [0.25, 0.3) is 5.91 Å². The van der Waals surface area contributed by atoms with Crippen LogP contribution in [0, 0.1) is 5.92 Å². The van der Waals surface area contributed by atoms with Gasteiger partial charge in [0.2, 0.25) is 0 Å². The van der Waals surface area contributed by atoms with Gasteiger partial charge in [0.1, 0.15) is 0 Å². The fourth-order valence-electron chi connectivity index (χ4n) is 2.54. The fourth-order valence-corrected chi connectivity index (χ4v) is 2.66. The van der Waals surface area contributed by atoms with Crippen molar-refractivity contribution in [2.75, 3.05) is 19.7 Å². The van der Waals surface area contributed by atoms with Crippen LogP contribution in [0.2, 0.25) is 5.02 Å². The predicted molar refractivity (Wildman–Crippen MR) is 83.6 cm³/mol. The smallest absolute Gasteiger partial charge is 0.257 e. The third-order valence-corrected chi connectivity index (χ3v) is 4.08. The Hall–Kier alpha value is -1.98. The van der Waals surface area contributed by atoms with Gasteiger partial charge in [0.05, 0.1) is 5.56 Å². The zero-order valence-corrected chi connectivity index (χ0v) is 12.7. The van der Waals surface area contributed by atoms with Crippen molar-refractivity contribution in [1.29, 1.82) is 0 Å². The molecule has 114 valence electrons. The largest absolute Gasteiger partial charge is 0.396 e. The second-order valence-corrected chi connectivity index (χ2v) is 5.83. The molecule has 1 fully saturated rings. The molecule has 1 unspecified atom stereocenters. The van der Waals surface area contributed by atoms with Gasteiger partial charge in [-0.1, -0.05) is 11.6 Å². The number of hydrogen-bond acceptors (Lipinski definition) is 4. The lowest BCUT2D eigenvalue weighted by molar-refractivity contribution is 0.0781. The molecule has 5 nitrogen and oxygen atoms in total. The summed E-state index contributed by atoms with van der Waals surface area (Å²) in [7, 11) is 0. The molecule has 2 aromatic rings. The van der Waals surface area contributed by atoms with Gasteiger partial charge in [0, 0.05) is 48.6 Å². The Morgan fingerprint density at radius 3 is 2.55 bits per heavy atom. The number of rotatable bonds is 3. The summed E-state index contributed by atoms with van der Waals surface area (Å²) < 4.78 is 0. The number of aliphatic hydroxyl groups excluding tert-OH is 1. The van der Waals surface area contributed by atoms with Crippen molar-refractivity contribution in [3.8, 4) is 11.4 Å². The van der Waals surface area contributed by atoms with Crippen molar-refractivity contribution in [1.82, 2.24) is 14.9 Å². The second-order valence-electron chi connectivity index (χ2n) is 5.39. The van der Waals surface area contributed by atoms with Crippen molar-refractivity contribution in [2.45, 2.75) is 6.42 Å². The van der Waals surface area contributed by atoms with Gasteiger partial charge in [0.15, 0.2) is 5.82 Å². The van der Waals surface area contributed by atoms with Gasteiger partial charge in [-0.25, -0.2) is 9.97 Å². The standard InChI is InChI=1S/C16H16ClN3O2/c17-14-3-1-12(2-4-14)15-18-7-13(8-19-15)16(22)20-6-5-11(9-20)10-21/h1-4,7-8,11,21H,5-6,9-10H2. The van der Waals surface area contributed by atoms with Gasteiger partial charge in [-0.2, -0.15) is 0 Å². The number of amides is 1. The van der Waals surface area contributed by atoms with E-state index in [1.165, 1.54) is 0 Å². The summed E-state index contributed by atoms with van der Waals surface area (Å²) in [5, 5.41) is 9.80. The Bertz CT molecular complexity index is 658. The number of benzene rings is 1. The number of carbonyl (C=O) groups is 1. The molecule has 3 rings (SSSR count). The third kappa shape index (κ3) is 3.10. The van der Waals surface area contributed by atoms with Crippen molar-refractivity contribution in [3.63, 3.8) is 0 Å². The lowest BCUT2D eigenvalue weighted by atomic mass is 10.1. The Morgan fingerprint density at radius 2 is 1.95 bits per heavy atom. The average Bonchev–Trinajstić information content (AvgIpc) is 3.04. The monoisotopic (exact) mass is 317 g/mol. The maximum absolute atomic E-state index is 12.3. The van der Waals surface area contributed by atoms with E-state index in [1.807, 2.05) is 12.1 Å². The summed E-state index contributed by atoms with van der Waals surface area (Å²) in [6, 6.07) is 7.23. The zero-order valence-electron chi connectivity index (χ0n) is 11.9. The minimum Gasteiger partial charge on any atom is -0.396 e. The number of carbonyl (C=O) groups excluding carboxylic acids is 1. The van der Waals surface area contributed by atoms with Gasteiger partial charge in [-0.15, -0.1) is 0 Å². The highest BCUT2D eigenvalue weighted by atomic mass is 35.5. The summed E-state index contributed by atoms with van der Waals surface area (Å²) in [6.07, 6.45) is 3.93. The molecule has 1 atom stereocenters. The Morgan fingerprint density at radius 1 is 1.27 bits per heavy atom. The van der Waals surface area contributed by atoms with E-state index < -0.39 is 0 Å². The molecule has 0 aliphatic carbocycles. The molecule has 0 saturated carbocycles. The van der Waals surface area contributed by atoms with Crippen molar-refractivity contribution < 1.29 is 9.90 Å². The molecule has 1 aliphatic rings. The molecule has 1 amide bonds. The molecule has 0 radical (unpaired) electrons. The van der Waals surface area contributed by atoms with Gasteiger partial charge in [-0.05, 0) is 30.7 Å². The van der Waals surface area contributed by atoms with Gasteiger partial charge >= 0.3 is 0 Å². The molecule has 1 aliphatic heterocycles. The van der Waals surface area contributed by atoms with Crippen LogP contribution in [0.3, 0.4) is 0 Å². The first kappa shape index (κ1) is 14.9. The number of likely N-dealkylation sites (tertiary alicyclic amines) is 1. The number of hydrogen-bond donors (Lipinski definition) is 1. The van der Waals surface area contributed by atoms with Crippen LogP contribution in [0.25, 0.3) is 11.4 Å². The predicted octanol–water partition coefficient (Wildman–Crippen LogP) is 2.25. The van der Waals surface area contributed by atoms with E-state index in [0.717, 1.165) is 12.0 Å². The SMILES string of the molecule is O=C(c1cnc(-c2ccc(Cl)cc2)nc1)N1CCC(CO)C1. The molecule has 6 heteroatoms. The minimum absolute atomic E-state index is 0.0846. The van der Waals surface area contributed by atoms with E-state index >= 15 is 0 Å². The van der Waals surface area contributed by atoms with Gasteiger partial charge < -0.3 is 10.0 Å². The van der Waals surface area contributed by atoms with Crippen LogP contribution in [0.15, 0.2) is 36.7 Å². The minimum atomic E-state index is -0.0846. The maximum Gasteiger partial charge on any atom is 0.257 e. The molecule has 1 aromatic carbocycles. The third-order valence-electron chi connectivity index (χ3n) is 3.83. The number of nitrogens with zero attached hydrogens (tertiary/aromatic N) is 3. The Labute approximate surface area is 133 Å². The fraction of sp³-hybridized carbons (Fsp3) is 0.312. The summed E-state index contributed by atoms with van der Waals surface area (Å²) in [5.74, 6) is 0.652. The van der Waals surface area contributed by atoms with E-state index in [-0.39, 0.29) is 18.4 Å². The first-order valence-electron chi connectivity index (χ1n) is 7.15. The van der Waals surface area contributed by atoms with E-state index in [1.54, 1.807) is 29.4 Å². The topological polar surface area (TPSA) is 66.3 Å². The first-order valence-corrected chi connectivity index (χ1v) is 7.53. The average molecular weight is 318 g/mol. The molecular formula is C16H16ClN3O2. The zero-order chi connectivity index (χ0) is 15.5. The quantitative estimate of drug-likeness (QED) is 0.943. The van der Waals surface area contributed by atoms with Crippen molar-refractivity contribution in [2.24, 2.45) is 5.92 Å². The van der Waals surface area contributed by atoms with Crippen molar-refractivity contribution in [3.05, 3.63) is 47.2 Å². The van der Waals surface area contributed by atoms with Gasteiger partial charge in [-0.3, -0.25) is 4.79 Å². The normalized spacial score (nSPS) is 17.7. The molecular weight excluding hydrogens is 302 g/mol.